The van der Waals surface area contributed by atoms with Crippen LogP contribution in [0.2, 0.25) is 0 Å². The molecule has 0 saturated heterocycles. The Bertz CT molecular complexity index is 427. The molecule has 0 fully saturated rings. The first-order valence-electron chi connectivity index (χ1n) is 7.06. The molecule has 0 aliphatic rings. The monoisotopic (exact) mass is 262 g/mol. The van der Waals surface area contributed by atoms with Crippen molar-refractivity contribution < 1.29 is 4.79 Å². The first kappa shape index (κ1) is 15.5. The van der Waals surface area contributed by atoms with Crippen LogP contribution in [0.3, 0.4) is 0 Å². The van der Waals surface area contributed by atoms with E-state index in [-0.39, 0.29) is 17.5 Å². The number of amides is 1. The number of anilines is 1. The third kappa shape index (κ3) is 4.58. The Hall–Kier alpha value is -1.51. The smallest absolute Gasteiger partial charge is 0.242 e. The molecule has 0 radical (unpaired) electrons. The fraction of sp³-hybridized carbons (Fsp3) is 0.562. The molecule has 0 aliphatic carbocycles. The Morgan fingerprint density at radius 1 is 1.26 bits per heavy atom. The van der Waals surface area contributed by atoms with Crippen molar-refractivity contribution in [3.05, 3.63) is 29.8 Å². The number of para-hydroxylation sites is 1. The zero-order valence-corrected chi connectivity index (χ0v) is 12.7. The van der Waals surface area contributed by atoms with Gasteiger partial charge >= 0.3 is 0 Å². The summed E-state index contributed by atoms with van der Waals surface area (Å²) in [6.45, 7) is 10.2. The number of hydrogen-bond donors (Lipinski definition) is 2. The van der Waals surface area contributed by atoms with Gasteiger partial charge in [-0.3, -0.25) is 4.79 Å². The summed E-state index contributed by atoms with van der Waals surface area (Å²) < 4.78 is 0. The van der Waals surface area contributed by atoms with Gasteiger partial charge in [0, 0.05) is 11.2 Å². The second-order valence-electron chi connectivity index (χ2n) is 5.60. The highest BCUT2D eigenvalue weighted by Gasteiger charge is 2.21. The minimum atomic E-state index is -0.237. The third-order valence-corrected chi connectivity index (χ3v) is 3.51. The number of rotatable bonds is 6. The Morgan fingerprint density at radius 3 is 2.47 bits per heavy atom. The Morgan fingerprint density at radius 2 is 1.89 bits per heavy atom. The molecule has 0 aromatic heterocycles. The molecular weight excluding hydrogens is 236 g/mol. The van der Waals surface area contributed by atoms with E-state index in [1.54, 1.807) is 0 Å². The molecule has 0 spiro atoms. The second-order valence-corrected chi connectivity index (χ2v) is 5.60. The number of carbonyl (C=O) groups excluding carboxylic acids is 1. The Labute approximate surface area is 116 Å². The van der Waals surface area contributed by atoms with E-state index in [2.05, 4.69) is 30.5 Å². The lowest BCUT2D eigenvalue weighted by Gasteiger charge is -2.27. The molecule has 1 amide bonds. The van der Waals surface area contributed by atoms with E-state index < -0.39 is 0 Å². The van der Waals surface area contributed by atoms with Gasteiger partial charge in [0.1, 0.15) is 6.04 Å². The van der Waals surface area contributed by atoms with E-state index in [9.17, 15) is 4.79 Å². The summed E-state index contributed by atoms with van der Waals surface area (Å²) in [7, 11) is 0. The van der Waals surface area contributed by atoms with Crippen molar-refractivity contribution in [1.82, 2.24) is 5.32 Å². The van der Waals surface area contributed by atoms with Gasteiger partial charge in [-0.25, -0.2) is 0 Å². The summed E-state index contributed by atoms with van der Waals surface area (Å²) in [6, 6.07) is 7.88. The van der Waals surface area contributed by atoms with Crippen LogP contribution in [-0.2, 0) is 11.2 Å². The fourth-order valence-electron chi connectivity index (χ4n) is 1.80. The first-order chi connectivity index (χ1) is 8.89. The van der Waals surface area contributed by atoms with Crippen molar-refractivity contribution in [2.45, 2.75) is 59.0 Å². The second kappa shape index (κ2) is 6.60. The highest BCUT2D eigenvalue weighted by atomic mass is 16.2. The number of carbonyl (C=O) groups is 1. The summed E-state index contributed by atoms with van der Waals surface area (Å²) in [5.74, 6) is 0.0396. The number of nitrogens with one attached hydrogen (secondary N) is 2. The van der Waals surface area contributed by atoms with Gasteiger partial charge in [0.2, 0.25) is 5.91 Å². The summed E-state index contributed by atoms with van der Waals surface area (Å²) in [5, 5.41) is 6.36. The predicted octanol–water partition coefficient (Wildman–Crippen LogP) is 3.35. The molecule has 106 valence electrons. The zero-order chi connectivity index (χ0) is 14.5. The summed E-state index contributed by atoms with van der Waals surface area (Å²) in [4.78, 5) is 12.1. The molecule has 0 aliphatic heterocycles. The molecule has 1 aromatic carbocycles. The van der Waals surface area contributed by atoms with Crippen LogP contribution in [0.5, 0.6) is 0 Å². The van der Waals surface area contributed by atoms with E-state index in [1.165, 1.54) is 5.56 Å². The number of aryl methyl sites for hydroxylation is 1. The van der Waals surface area contributed by atoms with Crippen molar-refractivity contribution in [1.29, 1.82) is 0 Å². The maximum atomic E-state index is 12.1. The van der Waals surface area contributed by atoms with Crippen LogP contribution in [0.1, 0.15) is 46.6 Å². The standard InChI is InChI=1S/C16H26N2O/c1-6-13-10-8-9-11-14(13)17-12(3)15(19)18-16(4,5)7-2/h8-12,17H,6-7H2,1-5H3,(H,18,19). The van der Waals surface area contributed by atoms with Crippen molar-refractivity contribution >= 4 is 11.6 Å². The minimum Gasteiger partial charge on any atom is -0.374 e. The van der Waals surface area contributed by atoms with E-state index in [4.69, 9.17) is 0 Å². The number of benzene rings is 1. The van der Waals surface area contributed by atoms with Crippen LogP contribution in [0.4, 0.5) is 5.69 Å². The molecule has 0 heterocycles. The maximum Gasteiger partial charge on any atom is 0.242 e. The van der Waals surface area contributed by atoms with Gasteiger partial charge in [0.15, 0.2) is 0 Å². The zero-order valence-electron chi connectivity index (χ0n) is 12.7. The van der Waals surface area contributed by atoms with Crippen LogP contribution in [0.15, 0.2) is 24.3 Å². The van der Waals surface area contributed by atoms with Crippen molar-refractivity contribution in [3.8, 4) is 0 Å². The van der Waals surface area contributed by atoms with Crippen molar-refractivity contribution in [2.75, 3.05) is 5.32 Å². The van der Waals surface area contributed by atoms with Gasteiger partial charge in [-0.1, -0.05) is 32.0 Å². The topological polar surface area (TPSA) is 41.1 Å². The van der Waals surface area contributed by atoms with Gasteiger partial charge in [-0.15, -0.1) is 0 Å². The minimum absolute atomic E-state index is 0.0396. The molecule has 19 heavy (non-hydrogen) atoms. The molecule has 3 heteroatoms. The molecule has 1 rings (SSSR count). The molecule has 1 aromatic rings. The average molecular weight is 262 g/mol. The highest BCUT2D eigenvalue weighted by Crippen LogP contribution is 2.17. The highest BCUT2D eigenvalue weighted by molar-refractivity contribution is 5.85. The quantitative estimate of drug-likeness (QED) is 0.825. The summed E-state index contributed by atoms with van der Waals surface area (Å²) in [6.07, 6.45) is 1.87. The third-order valence-electron chi connectivity index (χ3n) is 3.51. The van der Waals surface area contributed by atoms with E-state index >= 15 is 0 Å². The SMILES string of the molecule is CCc1ccccc1NC(C)C(=O)NC(C)(C)CC. The summed E-state index contributed by atoms with van der Waals surface area (Å²) in [5.41, 5.74) is 2.12. The lowest BCUT2D eigenvalue weighted by atomic mass is 10.0. The molecule has 0 bridgehead atoms. The largest absolute Gasteiger partial charge is 0.374 e. The van der Waals surface area contributed by atoms with E-state index in [0.717, 1.165) is 18.5 Å². The van der Waals surface area contributed by atoms with Crippen LogP contribution < -0.4 is 10.6 Å². The maximum absolute atomic E-state index is 12.1. The van der Waals surface area contributed by atoms with Gasteiger partial charge in [-0.2, -0.15) is 0 Å². The van der Waals surface area contributed by atoms with E-state index in [1.807, 2.05) is 39.0 Å². The molecule has 3 nitrogen and oxygen atoms in total. The van der Waals surface area contributed by atoms with Gasteiger partial charge in [0.05, 0.1) is 0 Å². The molecular formula is C16H26N2O. The van der Waals surface area contributed by atoms with Gasteiger partial charge in [-0.05, 0) is 45.2 Å². The normalized spacial score (nSPS) is 12.9. The predicted molar refractivity (Wildman–Crippen MR) is 81.4 cm³/mol. The molecule has 1 atom stereocenters. The van der Waals surface area contributed by atoms with Crippen LogP contribution >= 0.6 is 0 Å². The Balaban J connectivity index is 2.69. The molecule has 1 unspecified atom stereocenters. The van der Waals surface area contributed by atoms with Gasteiger partial charge in [0.25, 0.3) is 0 Å². The van der Waals surface area contributed by atoms with Crippen molar-refractivity contribution in [3.63, 3.8) is 0 Å². The lowest BCUT2D eigenvalue weighted by molar-refractivity contribution is -0.123. The van der Waals surface area contributed by atoms with Crippen molar-refractivity contribution in [2.24, 2.45) is 0 Å². The lowest BCUT2D eigenvalue weighted by Crippen LogP contribution is -2.48. The van der Waals surface area contributed by atoms with Crippen LogP contribution in [-0.4, -0.2) is 17.5 Å². The van der Waals surface area contributed by atoms with Crippen LogP contribution in [0.25, 0.3) is 0 Å². The average Bonchev–Trinajstić information content (AvgIpc) is 2.38. The molecule has 2 N–H and O–H groups in total. The van der Waals surface area contributed by atoms with Crippen LogP contribution in [0, 0.1) is 0 Å². The Kier molecular flexibility index (Phi) is 5.40. The number of hydrogen-bond acceptors (Lipinski definition) is 2. The van der Waals surface area contributed by atoms with E-state index in [0.29, 0.717) is 0 Å². The fourth-order valence-corrected chi connectivity index (χ4v) is 1.80. The summed E-state index contributed by atoms with van der Waals surface area (Å²) >= 11 is 0. The van der Waals surface area contributed by atoms with Gasteiger partial charge < -0.3 is 10.6 Å². The molecule has 0 saturated carbocycles. The first-order valence-corrected chi connectivity index (χ1v) is 7.06.